The molecule has 3 aliphatic heterocycles. The first-order valence-corrected chi connectivity index (χ1v) is 17.4. The van der Waals surface area contributed by atoms with Crippen LogP contribution < -0.4 is 5.32 Å². The smallest absolute Gasteiger partial charge is 0.223 e. The highest BCUT2D eigenvalue weighted by molar-refractivity contribution is 5.78. The first-order chi connectivity index (χ1) is 19.2. The highest BCUT2D eigenvalue weighted by atomic mass is 16.2. The number of ketones is 1. The molecule has 0 atom stereocenters. The topological polar surface area (TPSA) is 52.7 Å². The minimum Gasteiger partial charge on any atom is -0.343 e. The van der Waals surface area contributed by atoms with Gasteiger partial charge in [0.05, 0.1) is 0 Å². The molecule has 1 amide bonds. The third kappa shape index (κ3) is 21.7. The number of piperidine rings is 2. The van der Waals surface area contributed by atoms with Gasteiger partial charge in [0, 0.05) is 37.9 Å². The van der Waals surface area contributed by atoms with Crippen LogP contribution in [-0.2, 0) is 9.59 Å². The monoisotopic (exact) mass is 594 g/mol. The van der Waals surface area contributed by atoms with Gasteiger partial charge in [-0.1, -0.05) is 82.1 Å². The Labute approximate surface area is 263 Å². The molecule has 0 aliphatic carbocycles. The minimum atomic E-state index is 0.133. The van der Waals surface area contributed by atoms with Gasteiger partial charge in [0.2, 0.25) is 5.91 Å². The van der Waals surface area contributed by atoms with Gasteiger partial charge in [-0.25, -0.2) is 0 Å². The Bertz CT molecular complexity index is 718. The number of carbonyl (C=O) groups is 2. The molecule has 3 saturated heterocycles. The first kappa shape index (κ1) is 41.1. The van der Waals surface area contributed by atoms with E-state index in [-0.39, 0.29) is 10.8 Å². The average molecular weight is 594 g/mol. The standard InChI is InChI=1S/C11H21NO.C10H20O.C9H19N.C7H15N/c1-11(2,3)9-10(13)12-7-5-4-6-8-12;1-5-6-7-9(11)8-10(2,3)4;1-9(2,3)10-7-5-4-6-8-10;1-7(2,3)6-4-8-5-6/h4-9H2,1-3H3;5-8H2,1-4H3;4-8H2,1-3H3;6,8H,4-5H2,1-3H3. The fourth-order valence-corrected chi connectivity index (χ4v) is 5.23. The van der Waals surface area contributed by atoms with Crippen LogP contribution in [0.1, 0.15) is 161 Å². The van der Waals surface area contributed by atoms with Gasteiger partial charge < -0.3 is 10.2 Å². The molecule has 0 radical (unpaired) electrons. The molecular weight excluding hydrogens is 518 g/mol. The van der Waals surface area contributed by atoms with Crippen LogP contribution in [0.3, 0.4) is 0 Å². The maximum absolute atomic E-state index is 11.7. The zero-order valence-corrected chi connectivity index (χ0v) is 30.8. The summed E-state index contributed by atoms with van der Waals surface area (Å²) < 4.78 is 0. The summed E-state index contributed by atoms with van der Waals surface area (Å²) >= 11 is 0. The maximum Gasteiger partial charge on any atom is 0.223 e. The number of rotatable bonds is 5. The van der Waals surface area contributed by atoms with E-state index in [2.05, 4.69) is 100 Å². The van der Waals surface area contributed by atoms with Crippen LogP contribution in [0, 0.1) is 22.2 Å². The van der Waals surface area contributed by atoms with E-state index >= 15 is 0 Å². The molecule has 250 valence electrons. The SMILES string of the molecule is CC(C)(C)C1CNC1.CC(C)(C)CC(=O)N1CCCCC1.CC(C)(C)N1CCCCC1.CCCCC(=O)CC(C)(C)C. The Morgan fingerprint density at radius 3 is 1.40 bits per heavy atom. The Morgan fingerprint density at radius 1 is 0.667 bits per heavy atom. The molecule has 5 nitrogen and oxygen atoms in total. The van der Waals surface area contributed by atoms with Crippen molar-refractivity contribution in [1.82, 2.24) is 15.1 Å². The van der Waals surface area contributed by atoms with Gasteiger partial charge in [-0.3, -0.25) is 14.5 Å². The number of hydrogen-bond acceptors (Lipinski definition) is 4. The Morgan fingerprint density at radius 2 is 1.12 bits per heavy atom. The second kappa shape index (κ2) is 19.4. The fraction of sp³-hybridized carbons (Fsp3) is 0.946. The average Bonchev–Trinajstić information content (AvgIpc) is 2.80. The first-order valence-electron chi connectivity index (χ1n) is 17.4. The highest BCUT2D eigenvalue weighted by Gasteiger charge is 2.29. The lowest BCUT2D eigenvalue weighted by Crippen LogP contribution is -2.48. The van der Waals surface area contributed by atoms with Crippen LogP contribution in [0.15, 0.2) is 0 Å². The number of Topliss-reactive ketones (excluding diaryl/α,β-unsaturated/α-hetero) is 1. The molecule has 3 aliphatic rings. The van der Waals surface area contributed by atoms with Gasteiger partial charge in [-0.05, 0) is 108 Å². The summed E-state index contributed by atoms with van der Waals surface area (Å²) in [5.41, 5.74) is 1.24. The molecule has 3 fully saturated rings. The van der Waals surface area contributed by atoms with Gasteiger partial charge in [-0.2, -0.15) is 0 Å². The van der Waals surface area contributed by atoms with Crippen molar-refractivity contribution in [2.45, 2.75) is 166 Å². The molecule has 0 aromatic rings. The molecule has 0 spiro atoms. The van der Waals surface area contributed by atoms with Crippen LogP contribution >= 0.6 is 0 Å². The van der Waals surface area contributed by atoms with Crippen LogP contribution in [-0.4, -0.2) is 66.3 Å². The Kier molecular flexibility index (Phi) is 19.0. The Hall–Kier alpha value is -0.940. The van der Waals surface area contributed by atoms with Crippen molar-refractivity contribution in [3.05, 3.63) is 0 Å². The summed E-state index contributed by atoms with van der Waals surface area (Å²) in [4.78, 5) is 27.6. The van der Waals surface area contributed by atoms with Crippen molar-refractivity contribution < 1.29 is 9.59 Å². The molecule has 3 heterocycles. The number of hydrogen-bond donors (Lipinski definition) is 1. The number of amides is 1. The van der Waals surface area contributed by atoms with Gasteiger partial charge in [0.1, 0.15) is 5.78 Å². The van der Waals surface area contributed by atoms with Crippen molar-refractivity contribution >= 4 is 11.7 Å². The summed E-state index contributed by atoms with van der Waals surface area (Å²) in [5, 5.41) is 3.27. The molecule has 1 N–H and O–H groups in total. The summed E-state index contributed by atoms with van der Waals surface area (Å²) in [7, 11) is 0. The van der Waals surface area contributed by atoms with Gasteiger partial charge in [0.15, 0.2) is 0 Å². The van der Waals surface area contributed by atoms with Crippen molar-refractivity contribution in [1.29, 1.82) is 0 Å². The summed E-state index contributed by atoms with van der Waals surface area (Å²) in [6.07, 6.45) is 12.3. The molecular formula is C37H75N3O2. The third-order valence-corrected chi connectivity index (χ3v) is 8.24. The van der Waals surface area contributed by atoms with Crippen LogP contribution in [0.5, 0.6) is 0 Å². The predicted molar refractivity (Wildman–Crippen MR) is 184 cm³/mol. The second-order valence-corrected chi connectivity index (χ2v) is 17.5. The highest BCUT2D eigenvalue weighted by Crippen LogP contribution is 2.28. The normalized spacial score (nSPS) is 18.7. The molecule has 0 aromatic carbocycles. The third-order valence-electron chi connectivity index (χ3n) is 8.24. The number of unbranched alkanes of at least 4 members (excludes halogenated alkanes) is 1. The molecule has 0 saturated carbocycles. The molecule has 0 bridgehead atoms. The van der Waals surface area contributed by atoms with E-state index in [1.165, 1.54) is 64.7 Å². The lowest BCUT2D eigenvalue weighted by Gasteiger charge is -2.38. The van der Waals surface area contributed by atoms with E-state index in [1.807, 2.05) is 4.90 Å². The van der Waals surface area contributed by atoms with Crippen molar-refractivity contribution in [2.75, 3.05) is 39.3 Å². The van der Waals surface area contributed by atoms with Crippen LogP contribution in [0.4, 0.5) is 0 Å². The number of nitrogens with zero attached hydrogens (tertiary/aromatic N) is 2. The summed E-state index contributed by atoms with van der Waals surface area (Å²) in [6, 6.07) is 0. The van der Waals surface area contributed by atoms with Gasteiger partial charge >= 0.3 is 0 Å². The van der Waals surface area contributed by atoms with Crippen molar-refractivity contribution in [3.8, 4) is 0 Å². The van der Waals surface area contributed by atoms with E-state index in [9.17, 15) is 9.59 Å². The molecule has 5 heteroatoms. The van der Waals surface area contributed by atoms with Crippen molar-refractivity contribution in [2.24, 2.45) is 22.2 Å². The van der Waals surface area contributed by atoms with E-state index in [0.717, 1.165) is 44.7 Å². The van der Waals surface area contributed by atoms with Gasteiger partial charge in [0.25, 0.3) is 0 Å². The van der Waals surface area contributed by atoms with Crippen LogP contribution in [0.2, 0.25) is 0 Å². The molecule has 42 heavy (non-hydrogen) atoms. The molecule has 3 rings (SSSR count). The lowest BCUT2D eigenvalue weighted by atomic mass is 9.77. The second-order valence-electron chi connectivity index (χ2n) is 17.5. The van der Waals surface area contributed by atoms with Gasteiger partial charge in [-0.15, -0.1) is 0 Å². The number of nitrogens with one attached hydrogen (secondary N) is 1. The van der Waals surface area contributed by atoms with E-state index < -0.39 is 0 Å². The zero-order valence-electron chi connectivity index (χ0n) is 30.8. The number of likely N-dealkylation sites (tertiary alicyclic amines) is 2. The molecule has 0 unspecified atom stereocenters. The zero-order chi connectivity index (χ0) is 32.6. The maximum atomic E-state index is 11.7. The Balaban J connectivity index is 0.000000541. The largest absolute Gasteiger partial charge is 0.343 e. The van der Waals surface area contributed by atoms with Crippen LogP contribution in [0.25, 0.3) is 0 Å². The van der Waals surface area contributed by atoms with E-state index in [1.54, 1.807) is 0 Å². The van der Waals surface area contributed by atoms with E-state index in [4.69, 9.17) is 0 Å². The van der Waals surface area contributed by atoms with E-state index in [0.29, 0.717) is 29.1 Å². The minimum absolute atomic E-state index is 0.133. The predicted octanol–water partition coefficient (Wildman–Crippen LogP) is 9.14. The summed E-state index contributed by atoms with van der Waals surface area (Å²) in [5.74, 6) is 1.68. The fourth-order valence-electron chi connectivity index (χ4n) is 5.23. The number of carbonyl (C=O) groups excluding carboxylic acids is 2. The molecule has 0 aromatic heterocycles. The van der Waals surface area contributed by atoms with Crippen molar-refractivity contribution in [3.63, 3.8) is 0 Å². The lowest BCUT2D eigenvalue weighted by molar-refractivity contribution is -0.134. The quantitative estimate of drug-likeness (QED) is 0.345. The summed E-state index contributed by atoms with van der Waals surface area (Å²) in [6.45, 7) is 35.7.